The highest BCUT2D eigenvalue weighted by Gasteiger charge is 2.25. The minimum atomic E-state index is -0.738. The summed E-state index contributed by atoms with van der Waals surface area (Å²) in [6, 6.07) is 9.93. The molecule has 0 amide bonds. The van der Waals surface area contributed by atoms with Gasteiger partial charge in [-0.15, -0.1) is 0 Å². The van der Waals surface area contributed by atoms with Crippen molar-refractivity contribution < 1.29 is 23.8 Å². The molecule has 1 heterocycles. The Hall–Kier alpha value is -2.99. The number of carbonyl (C=O) groups is 2. The number of hydrogen-bond donors (Lipinski definition) is 0. The van der Waals surface area contributed by atoms with E-state index in [-0.39, 0.29) is 18.8 Å². The zero-order chi connectivity index (χ0) is 23.7. The van der Waals surface area contributed by atoms with Crippen molar-refractivity contribution >= 4 is 11.9 Å². The molecule has 2 rings (SSSR count). The third kappa shape index (κ3) is 6.50. The van der Waals surface area contributed by atoms with E-state index in [1.54, 1.807) is 13.8 Å². The van der Waals surface area contributed by atoms with Crippen LogP contribution in [0, 0.1) is 20.8 Å². The number of benzene rings is 1. The molecule has 1 unspecified atom stereocenters. The maximum absolute atomic E-state index is 12.4. The Morgan fingerprint density at radius 3 is 2.09 bits per heavy atom. The van der Waals surface area contributed by atoms with Gasteiger partial charge in [-0.25, -0.2) is 14.6 Å². The molecule has 1 atom stereocenters. The summed E-state index contributed by atoms with van der Waals surface area (Å²) in [7, 11) is 0. The molecular weight excluding hydrogens is 406 g/mol. The second-order valence-corrected chi connectivity index (χ2v) is 7.53. The first-order valence-electron chi connectivity index (χ1n) is 11.0. The van der Waals surface area contributed by atoms with Gasteiger partial charge < -0.3 is 14.2 Å². The van der Waals surface area contributed by atoms with Gasteiger partial charge in [-0.3, -0.25) is 0 Å². The molecule has 6 nitrogen and oxygen atoms in total. The van der Waals surface area contributed by atoms with Gasteiger partial charge in [-0.2, -0.15) is 0 Å². The van der Waals surface area contributed by atoms with E-state index in [2.05, 4.69) is 32.9 Å². The summed E-state index contributed by atoms with van der Waals surface area (Å²) in [4.78, 5) is 29.7. The molecule has 0 saturated heterocycles. The fourth-order valence-electron chi connectivity index (χ4n) is 3.59. The molecular formula is C26H33NO5. The summed E-state index contributed by atoms with van der Waals surface area (Å²) in [5, 5.41) is 0. The lowest BCUT2D eigenvalue weighted by molar-refractivity contribution is -0.146. The normalized spacial score (nSPS) is 11.6. The van der Waals surface area contributed by atoms with Crippen LogP contribution in [0.5, 0.6) is 0 Å². The minimum Gasteiger partial charge on any atom is -0.462 e. The molecule has 32 heavy (non-hydrogen) atoms. The molecule has 172 valence electrons. The zero-order valence-corrected chi connectivity index (χ0v) is 19.9. The summed E-state index contributed by atoms with van der Waals surface area (Å²) >= 11 is 0. The smallest absolute Gasteiger partial charge is 0.345 e. The molecule has 0 radical (unpaired) electrons. The molecule has 0 spiro atoms. The van der Waals surface area contributed by atoms with Gasteiger partial charge in [0.2, 0.25) is 0 Å². The number of aromatic nitrogens is 1. The maximum Gasteiger partial charge on any atom is 0.345 e. The van der Waals surface area contributed by atoms with Crippen molar-refractivity contribution in [2.24, 2.45) is 0 Å². The Balaban J connectivity index is 2.55. The third-order valence-corrected chi connectivity index (χ3v) is 4.81. The first kappa shape index (κ1) is 25.3. The summed E-state index contributed by atoms with van der Waals surface area (Å²) in [6.45, 7) is 12.3. The van der Waals surface area contributed by atoms with Crippen LogP contribution in [0.15, 0.2) is 42.0 Å². The minimum absolute atomic E-state index is 0.149. The lowest BCUT2D eigenvalue weighted by Crippen LogP contribution is -2.20. The molecule has 0 aliphatic heterocycles. The Morgan fingerprint density at radius 2 is 1.56 bits per heavy atom. The molecule has 0 aliphatic rings. The van der Waals surface area contributed by atoms with Gasteiger partial charge in [0.05, 0.1) is 24.6 Å². The van der Waals surface area contributed by atoms with E-state index in [1.165, 1.54) is 11.6 Å². The fraction of sp³-hybridized carbons (Fsp3) is 0.423. The average Bonchev–Trinajstić information content (AvgIpc) is 2.73. The highest BCUT2D eigenvalue weighted by Crippen LogP contribution is 2.29. The summed E-state index contributed by atoms with van der Waals surface area (Å²) in [6.07, 6.45) is 1.52. The summed E-state index contributed by atoms with van der Waals surface area (Å²) in [5.41, 5.74) is 5.74. The molecule has 1 aromatic carbocycles. The highest BCUT2D eigenvalue weighted by molar-refractivity contribution is 6.14. The Morgan fingerprint density at radius 1 is 0.969 bits per heavy atom. The maximum atomic E-state index is 12.4. The first-order valence-corrected chi connectivity index (χ1v) is 11.0. The highest BCUT2D eigenvalue weighted by atomic mass is 16.6. The lowest BCUT2D eigenvalue weighted by atomic mass is 9.96. The number of pyridine rings is 1. The molecule has 0 fully saturated rings. The number of ether oxygens (including phenoxy) is 3. The van der Waals surface area contributed by atoms with Crippen molar-refractivity contribution in [1.82, 2.24) is 4.98 Å². The van der Waals surface area contributed by atoms with Crippen molar-refractivity contribution in [3.8, 4) is 11.3 Å². The van der Waals surface area contributed by atoms with E-state index in [0.717, 1.165) is 28.8 Å². The van der Waals surface area contributed by atoms with Crippen LogP contribution >= 0.6 is 0 Å². The number of aryl methyl sites for hydroxylation is 3. The van der Waals surface area contributed by atoms with Gasteiger partial charge in [0.15, 0.2) is 0 Å². The Bertz CT molecular complexity index is 937. The van der Waals surface area contributed by atoms with Crippen LogP contribution in [0.4, 0.5) is 0 Å². The van der Waals surface area contributed by atoms with Crippen molar-refractivity contribution in [2.75, 3.05) is 19.8 Å². The summed E-state index contributed by atoms with van der Waals surface area (Å²) in [5.74, 6) is -1.48. The van der Waals surface area contributed by atoms with E-state index in [0.29, 0.717) is 12.3 Å². The fourth-order valence-corrected chi connectivity index (χ4v) is 3.59. The SMILES string of the molecule is CCCOC(C=C(C(=O)OCC)C(=O)OCC)c1cccc(-c2c(C)cc(C)cc2C)n1. The topological polar surface area (TPSA) is 74.7 Å². The second-order valence-electron chi connectivity index (χ2n) is 7.53. The van der Waals surface area contributed by atoms with Crippen LogP contribution in [0.1, 0.15) is 55.7 Å². The van der Waals surface area contributed by atoms with Crippen LogP contribution in [-0.2, 0) is 23.8 Å². The lowest BCUT2D eigenvalue weighted by Gasteiger charge is -2.17. The van der Waals surface area contributed by atoms with Gasteiger partial charge in [-0.1, -0.05) is 30.7 Å². The van der Waals surface area contributed by atoms with Gasteiger partial charge in [0, 0.05) is 12.2 Å². The molecule has 1 aromatic heterocycles. The van der Waals surface area contributed by atoms with Gasteiger partial charge in [0.25, 0.3) is 0 Å². The van der Waals surface area contributed by atoms with Crippen LogP contribution in [0.25, 0.3) is 11.3 Å². The van der Waals surface area contributed by atoms with Crippen LogP contribution in [-0.4, -0.2) is 36.7 Å². The molecule has 0 aliphatic carbocycles. The summed E-state index contributed by atoms with van der Waals surface area (Å²) < 4.78 is 16.1. The van der Waals surface area contributed by atoms with Crippen LogP contribution < -0.4 is 0 Å². The monoisotopic (exact) mass is 439 g/mol. The predicted octanol–water partition coefficient (Wildman–Crippen LogP) is 5.19. The van der Waals surface area contributed by atoms with Gasteiger partial charge in [0.1, 0.15) is 11.7 Å². The Labute approximate surface area is 190 Å². The van der Waals surface area contributed by atoms with Crippen LogP contribution in [0.3, 0.4) is 0 Å². The quantitative estimate of drug-likeness (QED) is 0.219. The molecule has 6 heteroatoms. The van der Waals surface area contributed by atoms with Gasteiger partial charge >= 0.3 is 11.9 Å². The molecule has 0 bridgehead atoms. The van der Waals surface area contributed by atoms with E-state index < -0.39 is 18.0 Å². The predicted molar refractivity (Wildman–Crippen MR) is 124 cm³/mol. The van der Waals surface area contributed by atoms with Gasteiger partial charge in [-0.05, 0) is 70.4 Å². The molecule has 0 saturated carbocycles. The van der Waals surface area contributed by atoms with E-state index >= 15 is 0 Å². The Kier molecular flexibility index (Phi) is 9.60. The van der Waals surface area contributed by atoms with Crippen LogP contribution in [0.2, 0.25) is 0 Å². The van der Waals surface area contributed by atoms with Crippen molar-refractivity contribution in [3.63, 3.8) is 0 Å². The van der Waals surface area contributed by atoms with E-state index in [4.69, 9.17) is 19.2 Å². The number of rotatable bonds is 10. The van der Waals surface area contributed by atoms with Crippen molar-refractivity contribution in [1.29, 1.82) is 0 Å². The molecule has 2 aromatic rings. The first-order chi connectivity index (χ1) is 15.3. The number of hydrogen-bond acceptors (Lipinski definition) is 6. The zero-order valence-electron chi connectivity index (χ0n) is 19.9. The number of esters is 2. The van der Waals surface area contributed by atoms with E-state index in [9.17, 15) is 9.59 Å². The molecule has 0 N–H and O–H groups in total. The largest absolute Gasteiger partial charge is 0.462 e. The standard InChI is InChI=1S/C26H33NO5/c1-7-13-32-23(16-20(25(28)30-8-2)26(29)31-9-3)21-11-10-12-22(27-21)24-18(5)14-17(4)15-19(24)6/h10-12,14-16,23H,7-9,13H2,1-6H3. The van der Waals surface area contributed by atoms with Crippen molar-refractivity contribution in [3.05, 3.63) is 64.4 Å². The van der Waals surface area contributed by atoms with E-state index in [1.807, 2.05) is 25.1 Å². The number of nitrogens with zero attached hydrogens (tertiary/aromatic N) is 1. The number of carbonyl (C=O) groups excluding carboxylic acids is 2. The average molecular weight is 440 g/mol. The van der Waals surface area contributed by atoms with Crippen molar-refractivity contribution in [2.45, 2.75) is 54.1 Å². The second kappa shape index (κ2) is 12.2. The third-order valence-electron chi connectivity index (χ3n) is 4.81.